The van der Waals surface area contributed by atoms with Crippen molar-refractivity contribution < 1.29 is 14.3 Å². The summed E-state index contributed by atoms with van der Waals surface area (Å²) in [5.74, 6) is 1.06. The molecule has 0 radical (unpaired) electrons. The molecule has 27 heavy (non-hydrogen) atoms. The Morgan fingerprint density at radius 2 is 1.63 bits per heavy atom. The predicted molar refractivity (Wildman–Crippen MR) is 105 cm³/mol. The summed E-state index contributed by atoms with van der Waals surface area (Å²) < 4.78 is 10.8. The highest BCUT2D eigenvalue weighted by Crippen LogP contribution is 2.29. The third-order valence-electron chi connectivity index (χ3n) is 4.41. The van der Waals surface area contributed by atoms with Gasteiger partial charge in [0.25, 0.3) is 5.91 Å². The molecule has 0 spiro atoms. The number of ether oxygens (including phenoxy) is 2. The first-order valence-corrected chi connectivity index (χ1v) is 8.66. The molecule has 0 bridgehead atoms. The van der Waals surface area contributed by atoms with E-state index in [2.05, 4.69) is 10.3 Å². The smallest absolute Gasteiger partial charge is 0.255 e. The van der Waals surface area contributed by atoms with Crippen LogP contribution in [0, 0.1) is 0 Å². The van der Waals surface area contributed by atoms with Crippen LogP contribution >= 0.6 is 0 Å². The SMILES string of the molecule is COc1cc(-c2ccncc2)ccc1C(=O)N[C@@H](C)c1ccccc1OC. The summed E-state index contributed by atoms with van der Waals surface area (Å²) in [5.41, 5.74) is 3.37. The van der Waals surface area contributed by atoms with Crippen LogP contribution in [-0.4, -0.2) is 25.1 Å². The van der Waals surface area contributed by atoms with E-state index >= 15 is 0 Å². The van der Waals surface area contributed by atoms with Crippen molar-refractivity contribution in [3.63, 3.8) is 0 Å². The molecule has 0 aliphatic heterocycles. The van der Waals surface area contributed by atoms with Crippen LogP contribution in [0.4, 0.5) is 0 Å². The Labute approximate surface area is 159 Å². The molecule has 5 heteroatoms. The number of carbonyl (C=O) groups is 1. The molecule has 0 saturated carbocycles. The number of aromatic nitrogens is 1. The molecular formula is C22H22N2O3. The maximum atomic E-state index is 12.8. The molecule has 3 rings (SSSR count). The highest BCUT2D eigenvalue weighted by molar-refractivity contribution is 5.98. The number of nitrogens with one attached hydrogen (secondary N) is 1. The van der Waals surface area contributed by atoms with Crippen LogP contribution in [0.1, 0.15) is 28.9 Å². The summed E-state index contributed by atoms with van der Waals surface area (Å²) in [7, 11) is 3.18. The van der Waals surface area contributed by atoms with Crippen LogP contribution in [-0.2, 0) is 0 Å². The summed E-state index contributed by atoms with van der Waals surface area (Å²) in [4.78, 5) is 16.8. The fourth-order valence-electron chi connectivity index (χ4n) is 2.98. The zero-order valence-corrected chi connectivity index (χ0v) is 15.6. The highest BCUT2D eigenvalue weighted by atomic mass is 16.5. The normalized spacial score (nSPS) is 11.5. The second-order valence-corrected chi connectivity index (χ2v) is 6.09. The minimum absolute atomic E-state index is 0.202. The number of para-hydroxylation sites is 1. The number of hydrogen-bond donors (Lipinski definition) is 1. The van der Waals surface area contributed by atoms with E-state index in [1.54, 1.807) is 32.7 Å². The molecule has 1 heterocycles. The molecule has 0 aliphatic rings. The Morgan fingerprint density at radius 3 is 2.33 bits per heavy atom. The Balaban J connectivity index is 1.84. The molecule has 0 saturated heterocycles. The van der Waals surface area contributed by atoms with E-state index in [4.69, 9.17) is 9.47 Å². The van der Waals surface area contributed by atoms with Crippen molar-refractivity contribution in [1.29, 1.82) is 0 Å². The standard InChI is InChI=1S/C22H22N2O3/c1-15(18-6-4-5-7-20(18)26-2)24-22(25)19-9-8-17(14-21(19)27-3)16-10-12-23-13-11-16/h4-15H,1-3H3,(H,24,25)/t15-/m0/s1. The fraction of sp³-hybridized carbons (Fsp3) is 0.182. The Bertz CT molecular complexity index is 926. The summed E-state index contributed by atoms with van der Waals surface area (Å²) in [5, 5.41) is 3.01. The van der Waals surface area contributed by atoms with Crippen LogP contribution in [0.25, 0.3) is 11.1 Å². The molecule has 1 atom stereocenters. The fourth-order valence-corrected chi connectivity index (χ4v) is 2.98. The van der Waals surface area contributed by atoms with Crippen LogP contribution in [0.5, 0.6) is 11.5 Å². The zero-order valence-electron chi connectivity index (χ0n) is 15.6. The van der Waals surface area contributed by atoms with E-state index in [1.807, 2.05) is 55.5 Å². The lowest BCUT2D eigenvalue weighted by Crippen LogP contribution is -2.27. The van der Waals surface area contributed by atoms with E-state index in [9.17, 15) is 4.79 Å². The van der Waals surface area contributed by atoms with Crippen molar-refractivity contribution in [2.75, 3.05) is 14.2 Å². The van der Waals surface area contributed by atoms with Crippen molar-refractivity contribution in [2.24, 2.45) is 0 Å². The van der Waals surface area contributed by atoms with Crippen molar-refractivity contribution in [2.45, 2.75) is 13.0 Å². The van der Waals surface area contributed by atoms with Gasteiger partial charge in [0.2, 0.25) is 0 Å². The van der Waals surface area contributed by atoms with Crippen molar-refractivity contribution >= 4 is 5.91 Å². The molecule has 3 aromatic rings. The molecule has 138 valence electrons. The Morgan fingerprint density at radius 1 is 0.926 bits per heavy atom. The van der Waals surface area contributed by atoms with Gasteiger partial charge in [0, 0.05) is 18.0 Å². The largest absolute Gasteiger partial charge is 0.496 e. The number of nitrogens with zero attached hydrogens (tertiary/aromatic N) is 1. The molecule has 1 aromatic heterocycles. The average Bonchev–Trinajstić information content (AvgIpc) is 2.73. The molecule has 2 aromatic carbocycles. The van der Waals surface area contributed by atoms with Gasteiger partial charge in [-0.1, -0.05) is 24.3 Å². The van der Waals surface area contributed by atoms with Gasteiger partial charge in [-0.05, 0) is 48.4 Å². The molecule has 1 N–H and O–H groups in total. The zero-order chi connectivity index (χ0) is 19.2. The lowest BCUT2D eigenvalue weighted by Gasteiger charge is -2.18. The number of methoxy groups -OCH3 is 2. The third kappa shape index (κ3) is 4.08. The number of benzene rings is 2. The van der Waals surface area contributed by atoms with E-state index < -0.39 is 0 Å². The van der Waals surface area contributed by atoms with Gasteiger partial charge < -0.3 is 14.8 Å². The number of pyridine rings is 1. The minimum Gasteiger partial charge on any atom is -0.496 e. The second-order valence-electron chi connectivity index (χ2n) is 6.09. The molecule has 0 aliphatic carbocycles. The lowest BCUT2D eigenvalue weighted by molar-refractivity contribution is 0.0936. The third-order valence-corrected chi connectivity index (χ3v) is 4.41. The van der Waals surface area contributed by atoms with Crippen LogP contribution in [0.3, 0.4) is 0 Å². The lowest BCUT2D eigenvalue weighted by atomic mass is 10.0. The van der Waals surface area contributed by atoms with Crippen LogP contribution < -0.4 is 14.8 Å². The van der Waals surface area contributed by atoms with Crippen molar-refractivity contribution in [3.8, 4) is 22.6 Å². The van der Waals surface area contributed by atoms with Gasteiger partial charge in [-0.3, -0.25) is 9.78 Å². The Hall–Kier alpha value is -3.34. The van der Waals surface area contributed by atoms with E-state index in [1.165, 1.54) is 0 Å². The summed E-state index contributed by atoms with van der Waals surface area (Å²) in [6.07, 6.45) is 3.47. The molecular weight excluding hydrogens is 340 g/mol. The first-order valence-electron chi connectivity index (χ1n) is 8.66. The van der Waals surface area contributed by atoms with Gasteiger partial charge in [-0.2, -0.15) is 0 Å². The number of hydrogen-bond acceptors (Lipinski definition) is 4. The average molecular weight is 362 g/mol. The quantitative estimate of drug-likeness (QED) is 0.712. The molecule has 5 nitrogen and oxygen atoms in total. The van der Waals surface area contributed by atoms with Gasteiger partial charge in [0.15, 0.2) is 0 Å². The number of amides is 1. The van der Waals surface area contributed by atoms with Gasteiger partial charge in [0.05, 0.1) is 25.8 Å². The summed E-state index contributed by atoms with van der Waals surface area (Å²) in [6, 6.07) is 16.8. The number of carbonyl (C=O) groups excluding carboxylic acids is 1. The number of rotatable bonds is 6. The van der Waals surface area contributed by atoms with Crippen LogP contribution in [0.2, 0.25) is 0 Å². The highest BCUT2D eigenvalue weighted by Gasteiger charge is 2.18. The van der Waals surface area contributed by atoms with Crippen LogP contribution in [0.15, 0.2) is 67.0 Å². The van der Waals surface area contributed by atoms with Crippen molar-refractivity contribution in [1.82, 2.24) is 10.3 Å². The van der Waals surface area contributed by atoms with Gasteiger partial charge in [-0.15, -0.1) is 0 Å². The maximum absolute atomic E-state index is 12.8. The first-order chi connectivity index (χ1) is 13.1. The molecule has 0 fully saturated rings. The van der Waals surface area contributed by atoms with E-state index in [0.29, 0.717) is 11.3 Å². The van der Waals surface area contributed by atoms with Gasteiger partial charge >= 0.3 is 0 Å². The summed E-state index contributed by atoms with van der Waals surface area (Å²) in [6.45, 7) is 1.92. The summed E-state index contributed by atoms with van der Waals surface area (Å²) >= 11 is 0. The molecule has 0 unspecified atom stereocenters. The Kier molecular flexibility index (Phi) is 5.71. The van der Waals surface area contributed by atoms with Gasteiger partial charge in [0.1, 0.15) is 11.5 Å². The van der Waals surface area contributed by atoms with E-state index in [-0.39, 0.29) is 11.9 Å². The monoisotopic (exact) mass is 362 g/mol. The second kappa shape index (κ2) is 8.36. The topological polar surface area (TPSA) is 60.5 Å². The van der Waals surface area contributed by atoms with Gasteiger partial charge in [-0.25, -0.2) is 0 Å². The van der Waals surface area contributed by atoms with Crippen molar-refractivity contribution in [3.05, 3.63) is 78.1 Å². The minimum atomic E-state index is -0.210. The van der Waals surface area contributed by atoms with E-state index in [0.717, 1.165) is 22.4 Å². The predicted octanol–water partition coefficient (Wildman–Crippen LogP) is 4.26. The molecule has 1 amide bonds. The first kappa shape index (κ1) is 18.5. The maximum Gasteiger partial charge on any atom is 0.255 e.